The average molecular weight is 477 g/mol. The maximum absolute atomic E-state index is 14.5. The second-order valence-electron chi connectivity index (χ2n) is 6.26. The Hall–Kier alpha value is -2.49. The van der Waals surface area contributed by atoms with Crippen molar-refractivity contribution >= 4 is 39.0 Å². The molecule has 0 aromatic heterocycles. The Bertz CT molecular complexity index is 944. The number of methoxy groups -OCH3 is 1. The third-order valence-corrected chi connectivity index (χ3v) is 4.97. The van der Waals surface area contributed by atoms with E-state index in [0.29, 0.717) is 10.0 Å². The number of hydrogen-bond donors (Lipinski definition) is 1. The lowest BCUT2D eigenvalue weighted by atomic mass is 9.86. The van der Waals surface area contributed by atoms with Crippen LogP contribution in [0.5, 0.6) is 0 Å². The van der Waals surface area contributed by atoms with E-state index in [4.69, 9.17) is 0 Å². The van der Waals surface area contributed by atoms with Crippen LogP contribution in [0.2, 0.25) is 0 Å². The van der Waals surface area contributed by atoms with Crippen molar-refractivity contribution < 1.29 is 31.5 Å². The number of hydrogen-bond acceptors (Lipinski definition) is 4. The summed E-state index contributed by atoms with van der Waals surface area (Å²) in [4.78, 5) is 16.0. The van der Waals surface area contributed by atoms with Crippen molar-refractivity contribution in [3.63, 3.8) is 0 Å². The summed E-state index contributed by atoms with van der Waals surface area (Å²) in [6.45, 7) is 0. The van der Waals surface area contributed by atoms with Gasteiger partial charge in [-0.25, -0.2) is 4.99 Å². The van der Waals surface area contributed by atoms with Crippen molar-refractivity contribution in [1.82, 2.24) is 0 Å². The Labute approximate surface area is 170 Å². The molecule has 0 unspecified atom stereocenters. The Balaban J connectivity index is 2.28. The predicted molar refractivity (Wildman–Crippen MR) is 101 cm³/mol. The van der Waals surface area contributed by atoms with Crippen LogP contribution < -0.4 is 5.32 Å². The molecular weight excluding hydrogens is 463 g/mol. The van der Waals surface area contributed by atoms with Gasteiger partial charge in [0.1, 0.15) is 11.6 Å². The largest absolute Gasteiger partial charge is 0.468 e. The summed E-state index contributed by atoms with van der Waals surface area (Å²) in [6.07, 6.45) is -5.94. The summed E-state index contributed by atoms with van der Waals surface area (Å²) in [5.41, 5.74) is -1.24. The Morgan fingerprint density at radius 1 is 1.07 bits per heavy atom. The molecule has 29 heavy (non-hydrogen) atoms. The number of nitrogens with zero attached hydrogens (tertiary/aromatic N) is 1. The third-order valence-electron chi connectivity index (χ3n) is 4.45. The average Bonchev–Trinajstić information content (AvgIpc) is 2.84. The van der Waals surface area contributed by atoms with E-state index in [-0.39, 0.29) is 11.4 Å². The number of alkyl halides is 5. The lowest BCUT2D eigenvalue weighted by Gasteiger charge is -2.30. The van der Waals surface area contributed by atoms with E-state index in [1.54, 1.807) is 18.2 Å². The molecule has 4 nitrogen and oxygen atoms in total. The number of ether oxygens (including phenoxy) is 1. The summed E-state index contributed by atoms with van der Waals surface area (Å²) in [6, 6.07) is 10.7. The first-order chi connectivity index (χ1) is 13.6. The van der Waals surface area contributed by atoms with Gasteiger partial charge < -0.3 is 10.1 Å². The van der Waals surface area contributed by atoms with Gasteiger partial charge in [-0.1, -0.05) is 40.2 Å². The summed E-state index contributed by atoms with van der Waals surface area (Å²) >= 11 is 3.23. The zero-order valence-corrected chi connectivity index (χ0v) is 16.4. The highest BCUT2D eigenvalue weighted by atomic mass is 79.9. The fourth-order valence-corrected chi connectivity index (χ4v) is 3.30. The van der Waals surface area contributed by atoms with Crippen molar-refractivity contribution in [3.05, 3.63) is 58.6 Å². The van der Waals surface area contributed by atoms with Crippen molar-refractivity contribution in [2.24, 2.45) is 10.9 Å². The highest BCUT2D eigenvalue weighted by molar-refractivity contribution is 9.10. The summed E-state index contributed by atoms with van der Waals surface area (Å²) < 4.78 is 74.0. The van der Waals surface area contributed by atoms with Crippen LogP contribution in [0, 0.1) is 5.92 Å². The van der Waals surface area contributed by atoms with Crippen LogP contribution in [-0.4, -0.2) is 30.9 Å². The fourth-order valence-electron chi connectivity index (χ4n) is 3.03. The molecule has 2 aromatic carbocycles. The minimum absolute atomic E-state index is 0.139. The SMILES string of the molecule is COC(=O)[C@H]1C(C(F)(F)C(F)(F)F)=Nc2ccccc2N[C@H]1c1ccc(Br)cc1. The molecule has 1 heterocycles. The number of fused-ring (bicyclic) bond motifs is 1. The molecule has 0 saturated carbocycles. The number of para-hydroxylation sites is 2. The molecule has 154 valence electrons. The van der Waals surface area contributed by atoms with Gasteiger partial charge in [0.25, 0.3) is 0 Å². The Morgan fingerprint density at radius 2 is 1.69 bits per heavy atom. The number of aliphatic imine (C=N–C) groups is 1. The molecule has 0 aliphatic carbocycles. The van der Waals surface area contributed by atoms with E-state index in [0.717, 1.165) is 7.11 Å². The van der Waals surface area contributed by atoms with Gasteiger partial charge in [-0.3, -0.25) is 4.79 Å². The number of carbonyl (C=O) groups excluding carboxylic acids is 1. The van der Waals surface area contributed by atoms with Gasteiger partial charge in [0.05, 0.1) is 24.5 Å². The monoisotopic (exact) mass is 476 g/mol. The maximum atomic E-state index is 14.5. The second-order valence-corrected chi connectivity index (χ2v) is 7.18. The molecule has 2 atom stereocenters. The van der Waals surface area contributed by atoms with Gasteiger partial charge in [0, 0.05) is 4.47 Å². The van der Waals surface area contributed by atoms with Crippen molar-refractivity contribution in [1.29, 1.82) is 0 Å². The van der Waals surface area contributed by atoms with Gasteiger partial charge in [0.15, 0.2) is 0 Å². The molecule has 0 spiro atoms. The van der Waals surface area contributed by atoms with Gasteiger partial charge in [0.2, 0.25) is 0 Å². The third kappa shape index (κ3) is 3.98. The number of nitrogens with one attached hydrogen (secondary N) is 1. The lowest BCUT2D eigenvalue weighted by Crippen LogP contribution is -2.51. The molecule has 10 heteroatoms. The van der Waals surface area contributed by atoms with E-state index < -0.39 is 35.7 Å². The zero-order chi connectivity index (χ0) is 21.4. The van der Waals surface area contributed by atoms with Crippen molar-refractivity contribution in [2.75, 3.05) is 12.4 Å². The molecule has 1 aliphatic heterocycles. The summed E-state index contributed by atoms with van der Waals surface area (Å²) in [7, 11) is 0.919. The molecule has 0 bridgehead atoms. The summed E-state index contributed by atoms with van der Waals surface area (Å²) in [5.74, 6) is -8.63. The normalized spacial score (nSPS) is 19.5. The van der Waals surface area contributed by atoms with Gasteiger partial charge in [-0.05, 0) is 29.8 Å². The van der Waals surface area contributed by atoms with Gasteiger partial charge in [-0.2, -0.15) is 22.0 Å². The number of benzene rings is 2. The molecular formula is C19H14BrF5N2O2. The van der Waals surface area contributed by atoms with Crippen LogP contribution in [0.1, 0.15) is 11.6 Å². The highest BCUT2D eigenvalue weighted by Crippen LogP contribution is 2.46. The van der Waals surface area contributed by atoms with E-state index in [1.807, 2.05) is 0 Å². The first-order valence-electron chi connectivity index (χ1n) is 8.28. The molecule has 3 rings (SSSR count). The number of rotatable bonds is 3. The number of esters is 1. The smallest absolute Gasteiger partial charge is 0.459 e. The van der Waals surface area contributed by atoms with E-state index in [2.05, 4.69) is 31.0 Å². The molecule has 0 fully saturated rings. The predicted octanol–water partition coefficient (Wildman–Crippen LogP) is 5.68. The topological polar surface area (TPSA) is 50.7 Å². The first-order valence-corrected chi connectivity index (χ1v) is 9.08. The molecule has 0 radical (unpaired) electrons. The number of anilines is 1. The number of carbonyl (C=O) groups is 1. The van der Waals surface area contributed by atoms with Gasteiger partial charge >= 0.3 is 18.1 Å². The van der Waals surface area contributed by atoms with Crippen LogP contribution in [0.15, 0.2) is 58.0 Å². The van der Waals surface area contributed by atoms with E-state index in [1.165, 1.54) is 30.3 Å². The van der Waals surface area contributed by atoms with E-state index >= 15 is 0 Å². The zero-order valence-electron chi connectivity index (χ0n) is 14.8. The standard InChI is InChI=1S/C19H14BrF5N2O2/c1-29-17(28)14-15(10-6-8-11(20)9-7-10)26-12-4-2-3-5-13(12)27-16(14)18(21,22)19(23,24)25/h2-9,14-15,26H,1H3/t14-,15+/m1/s1. The molecule has 1 N–H and O–H groups in total. The van der Waals surface area contributed by atoms with E-state index in [9.17, 15) is 26.7 Å². The molecule has 0 saturated heterocycles. The van der Waals surface area contributed by atoms with Gasteiger partial charge in [-0.15, -0.1) is 0 Å². The number of halogens is 6. The van der Waals surface area contributed by atoms with Crippen LogP contribution in [0.25, 0.3) is 0 Å². The highest BCUT2D eigenvalue weighted by Gasteiger charge is 2.65. The molecule has 1 aliphatic rings. The minimum atomic E-state index is -5.94. The van der Waals surface area contributed by atoms with Crippen LogP contribution in [0.3, 0.4) is 0 Å². The Morgan fingerprint density at radius 3 is 2.28 bits per heavy atom. The Kier molecular flexibility index (Phi) is 5.66. The fraction of sp³-hybridized carbons (Fsp3) is 0.263. The molecule has 0 amide bonds. The van der Waals surface area contributed by atoms with Crippen LogP contribution in [-0.2, 0) is 9.53 Å². The van der Waals surface area contributed by atoms with Crippen LogP contribution in [0.4, 0.5) is 33.3 Å². The quantitative estimate of drug-likeness (QED) is 0.458. The lowest BCUT2D eigenvalue weighted by molar-refractivity contribution is -0.250. The maximum Gasteiger partial charge on any atom is 0.459 e. The van der Waals surface area contributed by atoms with Crippen molar-refractivity contribution in [3.8, 4) is 0 Å². The minimum Gasteiger partial charge on any atom is -0.468 e. The van der Waals surface area contributed by atoms with Crippen LogP contribution >= 0.6 is 15.9 Å². The summed E-state index contributed by atoms with van der Waals surface area (Å²) in [5, 5.41) is 2.88. The van der Waals surface area contributed by atoms with Crippen molar-refractivity contribution in [2.45, 2.75) is 18.1 Å². The first kappa shape index (κ1) is 21.2. The molecule has 2 aromatic rings. The second kappa shape index (κ2) is 7.74.